The van der Waals surface area contributed by atoms with Gasteiger partial charge in [-0.1, -0.05) is 31.2 Å². The molecule has 2 unspecified atom stereocenters. The zero-order chi connectivity index (χ0) is 9.84. The Balaban J connectivity index is 2.81. The highest BCUT2D eigenvalue weighted by Crippen LogP contribution is 2.17. The van der Waals surface area contributed by atoms with Crippen molar-refractivity contribution in [1.82, 2.24) is 0 Å². The Bertz CT molecular complexity index is 253. The maximum atomic E-state index is 9.29. The van der Waals surface area contributed by atoms with Crippen molar-refractivity contribution < 1.29 is 5.11 Å². The summed E-state index contributed by atoms with van der Waals surface area (Å²) in [4.78, 5) is 0. The van der Waals surface area contributed by atoms with E-state index >= 15 is 0 Å². The molecule has 1 aromatic carbocycles. The van der Waals surface area contributed by atoms with Gasteiger partial charge in [0.25, 0.3) is 0 Å². The SMILES string of the molecule is CC(O)c1ccc(C(C)CN)cc1. The lowest BCUT2D eigenvalue weighted by atomic mass is 9.99. The van der Waals surface area contributed by atoms with Gasteiger partial charge in [0.1, 0.15) is 0 Å². The number of aliphatic hydroxyl groups excluding tert-OH is 1. The van der Waals surface area contributed by atoms with Gasteiger partial charge in [-0.15, -0.1) is 0 Å². The zero-order valence-electron chi connectivity index (χ0n) is 8.20. The fraction of sp³-hybridized carbons (Fsp3) is 0.455. The summed E-state index contributed by atoms with van der Waals surface area (Å²) in [6.45, 7) is 4.52. The molecule has 0 radical (unpaired) electrons. The second-order valence-electron chi connectivity index (χ2n) is 3.48. The number of nitrogens with two attached hydrogens (primary N) is 1. The highest BCUT2D eigenvalue weighted by Gasteiger charge is 2.04. The van der Waals surface area contributed by atoms with Gasteiger partial charge in [-0.2, -0.15) is 0 Å². The lowest BCUT2D eigenvalue weighted by Gasteiger charge is -2.10. The van der Waals surface area contributed by atoms with Gasteiger partial charge < -0.3 is 10.8 Å². The van der Waals surface area contributed by atoms with E-state index in [-0.39, 0.29) is 6.10 Å². The van der Waals surface area contributed by atoms with Gasteiger partial charge in [0.2, 0.25) is 0 Å². The second kappa shape index (κ2) is 4.40. The molecule has 72 valence electrons. The standard InChI is InChI=1S/C11H17NO/c1-8(7-12)10-3-5-11(6-4-10)9(2)13/h3-6,8-9,13H,7,12H2,1-2H3. The smallest absolute Gasteiger partial charge is 0.0761 e. The third kappa shape index (κ3) is 2.54. The summed E-state index contributed by atoms with van der Waals surface area (Å²) >= 11 is 0. The monoisotopic (exact) mass is 179 g/mol. The first-order valence-corrected chi connectivity index (χ1v) is 4.63. The molecule has 0 aliphatic heterocycles. The summed E-state index contributed by atoms with van der Waals surface area (Å²) in [5.41, 5.74) is 7.73. The molecule has 0 aromatic heterocycles. The minimum absolute atomic E-state index is 0.387. The summed E-state index contributed by atoms with van der Waals surface area (Å²) in [6, 6.07) is 7.96. The van der Waals surface area contributed by atoms with Crippen molar-refractivity contribution in [2.24, 2.45) is 5.73 Å². The van der Waals surface area contributed by atoms with Crippen molar-refractivity contribution >= 4 is 0 Å². The average molecular weight is 179 g/mol. The van der Waals surface area contributed by atoms with E-state index in [0.29, 0.717) is 12.5 Å². The number of aliphatic hydroxyl groups is 1. The lowest BCUT2D eigenvalue weighted by molar-refractivity contribution is 0.199. The molecule has 3 N–H and O–H groups in total. The Morgan fingerprint density at radius 2 is 1.62 bits per heavy atom. The van der Waals surface area contributed by atoms with Gasteiger partial charge >= 0.3 is 0 Å². The first-order chi connectivity index (χ1) is 6.15. The average Bonchev–Trinajstić information content (AvgIpc) is 2.17. The van der Waals surface area contributed by atoms with Crippen LogP contribution in [0.15, 0.2) is 24.3 Å². The normalized spacial score (nSPS) is 15.4. The lowest BCUT2D eigenvalue weighted by Crippen LogP contribution is -2.08. The fourth-order valence-electron chi connectivity index (χ4n) is 1.24. The van der Waals surface area contributed by atoms with E-state index in [9.17, 15) is 5.11 Å². The van der Waals surface area contributed by atoms with Gasteiger partial charge in [0.05, 0.1) is 6.10 Å². The predicted molar refractivity (Wildman–Crippen MR) is 54.5 cm³/mol. The number of rotatable bonds is 3. The van der Waals surface area contributed by atoms with Crippen LogP contribution in [0, 0.1) is 0 Å². The second-order valence-corrected chi connectivity index (χ2v) is 3.48. The minimum Gasteiger partial charge on any atom is -0.389 e. The topological polar surface area (TPSA) is 46.2 Å². The molecule has 2 heteroatoms. The van der Waals surface area contributed by atoms with Gasteiger partial charge in [-0.25, -0.2) is 0 Å². The summed E-state index contributed by atoms with van der Waals surface area (Å²) in [7, 11) is 0. The van der Waals surface area contributed by atoms with Crippen LogP contribution in [0.2, 0.25) is 0 Å². The fourth-order valence-corrected chi connectivity index (χ4v) is 1.24. The molecule has 0 bridgehead atoms. The Morgan fingerprint density at radius 3 is 2.00 bits per heavy atom. The highest BCUT2D eigenvalue weighted by molar-refractivity contribution is 5.26. The Morgan fingerprint density at radius 1 is 1.15 bits per heavy atom. The maximum absolute atomic E-state index is 9.29. The van der Waals surface area contributed by atoms with E-state index in [4.69, 9.17) is 5.73 Å². The van der Waals surface area contributed by atoms with Gasteiger partial charge in [0.15, 0.2) is 0 Å². The molecule has 0 aliphatic carbocycles. The molecule has 13 heavy (non-hydrogen) atoms. The van der Waals surface area contributed by atoms with Crippen LogP contribution in [0.4, 0.5) is 0 Å². The molecule has 2 nitrogen and oxygen atoms in total. The Kier molecular flexibility index (Phi) is 3.46. The van der Waals surface area contributed by atoms with Crippen LogP contribution >= 0.6 is 0 Å². The Hall–Kier alpha value is -0.860. The number of hydrogen-bond acceptors (Lipinski definition) is 2. The highest BCUT2D eigenvalue weighted by atomic mass is 16.3. The molecule has 0 amide bonds. The van der Waals surface area contributed by atoms with Crippen LogP contribution in [0.1, 0.15) is 37.0 Å². The van der Waals surface area contributed by atoms with Crippen molar-refractivity contribution in [3.63, 3.8) is 0 Å². The van der Waals surface area contributed by atoms with Gasteiger partial charge in [0, 0.05) is 0 Å². The van der Waals surface area contributed by atoms with Crippen molar-refractivity contribution in [3.8, 4) is 0 Å². The third-order valence-electron chi connectivity index (χ3n) is 2.34. The Labute approximate surface area is 79.4 Å². The summed E-state index contributed by atoms with van der Waals surface area (Å²) < 4.78 is 0. The minimum atomic E-state index is -0.387. The molecule has 0 aliphatic rings. The van der Waals surface area contributed by atoms with Crippen LogP contribution in [0.25, 0.3) is 0 Å². The third-order valence-corrected chi connectivity index (χ3v) is 2.34. The van der Waals surface area contributed by atoms with E-state index in [1.165, 1.54) is 5.56 Å². The van der Waals surface area contributed by atoms with Crippen LogP contribution in [-0.2, 0) is 0 Å². The molecule has 0 saturated carbocycles. The van der Waals surface area contributed by atoms with Crippen molar-refractivity contribution in [1.29, 1.82) is 0 Å². The molecule has 0 heterocycles. The van der Waals surface area contributed by atoms with E-state index in [1.54, 1.807) is 6.92 Å². The largest absolute Gasteiger partial charge is 0.389 e. The quantitative estimate of drug-likeness (QED) is 0.743. The summed E-state index contributed by atoms with van der Waals surface area (Å²) in [5, 5.41) is 9.29. The predicted octanol–water partition coefficient (Wildman–Crippen LogP) is 1.80. The molecule has 2 atom stereocenters. The van der Waals surface area contributed by atoms with Crippen molar-refractivity contribution in [2.75, 3.05) is 6.54 Å². The molecule has 0 spiro atoms. The first kappa shape index (κ1) is 10.2. The van der Waals surface area contributed by atoms with Crippen LogP contribution in [0.5, 0.6) is 0 Å². The molecule has 0 fully saturated rings. The van der Waals surface area contributed by atoms with E-state index in [0.717, 1.165) is 5.56 Å². The van der Waals surface area contributed by atoms with Crippen molar-refractivity contribution in [3.05, 3.63) is 35.4 Å². The van der Waals surface area contributed by atoms with Crippen LogP contribution in [-0.4, -0.2) is 11.7 Å². The number of hydrogen-bond donors (Lipinski definition) is 2. The van der Waals surface area contributed by atoms with Crippen LogP contribution < -0.4 is 5.73 Å². The van der Waals surface area contributed by atoms with Gasteiger partial charge in [-0.3, -0.25) is 0 Å². The molecule has 1 rings (SSSR count). The van der Waals surface area contributed by atoms with Gasteiger partial charge in [-0.05, 0) is 30.5 Å². The summed E-state index contributed by atoms with van der Waals surface area (Å²) in [6.07, 6.45) is -0.387. The van der Waals surface area contributed by atoms with E-state index in [1.807, 2.05) is 24.3 Å². The maximum Gasteiger partial charge on any atom is 0.0761 e. The zero-order valence-corrected chi connectivity index (χ0v) is 8.20. The molecular formula is C11H17NO. The molecule has 0 saturated heterocycles. The summed E-state index contributed by atoms with van der Waals surface area (Å²) in [5.74, 6) is 0.392. The molecular weight excluding hydrogens is 162 g/mol. The van der Waals surface area contributed by atoms with Crippen molar-refractivity contribution in [2.45, 2.75) is 25.9 Å². The van der Waals surface area contributed by atoms with E-state index in [2.05, 4.69) is 6.92 Å². The first-order valence-electron chi connectivity index (χ1n) is 4.63. The van der Waals surface area contributed by atoms with Crippen LogP contribution in [0.3, 0.4) is 0 Å². The van der Waals surface area contributed by atoms with E-state index < -0.39 is 0 Å². The molecule has 1 aromatic rings. The number of benzene rings is 1.